The number of halogens is 2. The Bertz CT molecular complexity index is 716. The molecule has 0 spiro atoms. The Morgan fingerprint density at radius 3 is 2.46 bits per heavy atom. The summed E-state index contributed by atoms with van der Waals surface area (Å²) >= 11 is 0. The first-order chi connectivity index (χ1) is 13.1. The smallest absolute Gasteiger partial charge is 0.191 e. The van der Waals surface area contributed by atoms with Crippen LogP contribution < -0.4 is 10.6 Å². The molecule has 0 saturated heterocycles. The number of rotatable bonds is 9. The normalized spacial score (nSPS) is 13.4. The Morgan fingerprint density at radius 1 is 1.11 bits per heavy atom. The zero-order valence-electron chi connectivity index (χ0n) is 16.3. The zero-order valence-corrected chi connectivity index (χ0v) is 18.6. The zero-order chi connectivity index (χ0) is 19.5. The lowest BCUT2D eigenvalue weighted by molar-refractivity contribution is -0.000599. The Labute approximate surface area is 183 Å². The molecule has 2 rings (SSSR count). The number of aliphatic imine (C=N–C) groups is 1. The van der Waals surface area contributed by atoms with Crippen LogP contribution in [0.1, 0.15) is 31.1 Å². The van der Waals surface area contributed by atoms with Crippen LogP contribution >= 0.6 is 24.0 Å². The van der Waals surface area contributed by atoms with Crippen molar-refractivity contribution in [2.75, 3.05) is 19.7 Å². The van der Waals surface area contributed by atoms with Gasteiger partial charge in [-0.15, -0.1) is 24.0 Å². The number of benzene rings is 2. The van der Waals surface area contributed by atoms with Crippen LogP contribution in [0.5, 0.6) is 0 Å². The van der Waals surface area contributed by atoms with E-state index in [4.69, 9.17) is 4.74 Å². The molecule has 0 heterocycles. The molecule has 28 heavy (non-hydrogen) atoms. The van der Waals surface area contributed by atoms with Crippen molar-refractivity contribution in [3.8, 4) is 0 Å². The van der Waals surface area contributed by atoms with Gasteiger partial charge in [-0.05, 0) is 25.5 Å². The third kappa shape index (κ3) is 8.53. The summed E-state index contributed by atoms with van der Waals surface area (Å²) in [6.07, 6.45) is -0.780. The van der Waals surface area contributed by atoms with Crippen LogP contribution in [-0.2, 0) is 11.3 Å². The summed E-state index contributed by atoms with van der Waals surface area (Å²) in [7, 11) is 0. The highest BCUT2D eigenvalue weighted by atomic mass is 127. The minimum absolute atomic E-state index is 0. The van der Waals surface area contributed by atoms with E-state index in [1.54, 1.807) is 18.2 Å². The average Bonchev–Trinajstić information content (AvgIpc) is 2.70. The summed E-state index contributed by atoms with van der Waals surface area (Å²) in [6.45, 7) is 5.28. The van der Waals surface area contributed by atoms with E-state index in [0.29, 0.717) is 18.1 Å². The minimum atomic E-state index is -0.687. The van der Waals surface area contributed by atoms with E-state index in [0.717, 1.165) is 5.56 Å². The van der Waals surface area contributed by atoms with Gasteiger partial charge in [0.25, 0.3) is 0 Å². The SMILES string of the molecule is CCNC(=NCc1ccccc1F)NCC(O)COC(C)c1ccccc1.I. The number of ether oxygens (including phenoxy) is 1. The number of nitrogens with one attached hydrogen (secondary N) is 2. The lowest BCUT2D eigenvalue weighted by atomic mass is 10.1. The largest absolute Gasteiger partial charge is 0.389 e. The van der Waals surface area contributed by atoms with Crippen LogP contribution in [0.2, 0.25) is 0 Å². The molecule has 2 aromatic carbocycles. The molecule has 2 aromatic rings. The standard InChI is InChI=1S/C21H28FN3O2.HI/c1-3-23-21(24-13-18-11-7-8-12-20(18)22)25-14-19(26)15-27-16(2)17-9-5-4-6-10-17;/h4-12,16,19,26H,3,13-15H2,1-2H3,(H2,23,24,25);1H. The Hall–Kier alpha value is -1.71. The molecule has 154 valence electrons. The molecule has 0 aliphatic rings. The van der Waals surface area contributed by atoms with Gasteiger partial charge in [0.1, 0.15) is 5.82 Å². The number of aliphatic hydroxyl groups excluding tert-OH is 1. The van der Waals surface area contributed by atoms with Gasteiger partial charge in [-0.1, -0.05) is 48.5 Å². The first-order valence-electron chi connectivity index (χ1n) is 9.20. The topological polar surface area (TPSA) is 65.9 Å². The van der Waals surface area contributed by atoms with Gasteiger partial charge in [-0.25, -0.2) is 9.38 Å². The van der Waals surface area contributed by atoms with Crippen molar-refractivity contribution in [2.45, 2.75) is 32.6 Å². The molecule has 0 saturated carbocycles. The van der Waals surface area contributed by atoms with Crippen LogP contribution in [0.25, 0.3) is 0 Å². The van der Waals surface area contributed by atoms with E-state index in [9.17, 15) is 9.50 Å². The molecule has 0 fully saturated rings. The maximum atomic E-state index is 13.7. The molecular formula is C21H29FIN3O2. The highest BCUT2D eigenvalue weighted by Crippen LogP contribution is 2.15. The van der Waals surface area contributed by atoms with Crippen LogP contribution in [0.3, 0.4) is 0 Å². The lowest BCUT2D eigenvalue weighted by Crippen LogP contribution is -2.42. The highest BCUT2D eigenvalue weighted by Gasteiger charge is 2.10. The van der Waals surface area contributed by atoms with Crippen molar-refractivity contribution in [3.05, 3.63) is 71.5 Å². The van der Waals surface area contributed by atoms with Gasteiger partial charge < -0.3 is 20.5 Å². The molecule has 0 bridgehead atoms. The van der Waals surface area contributed by atoms with Crippen molar-refractivity contribution in [1.82, 2.24) is 10.6 Å². The first kappa shape index (κ1) is 24.3. The Balaban J connectivity index is 0.00000392. The molecule has 3 N–H and O–H groups in total. The number of aliphatic hydroxyl groups is 1. The fraction of sp³-hybridized carbons (Fsp3) is 0.381. The molecule has 0 aliphatic heterocycles. The van der Waals surface area contributed by atoms with Crippen LogP contribution in [0, 0.1) is 5.82 Å². The van der Waals surface area contributed by atoms with Crippen LogP contribution in [0.15, 0.2) is 59.6 Å². The van der Waals surface area contributed by atoms with Gasteiger partial charge in [0.15, 0.2) is 5.96 Å². The number of guanidine groups is 1. The number of nitrogens with zero attached hydrogens (tertiary/aromatic N) is 1. The highest BCUT2D eigenvalue weighted by molar-refractivity contribution is 14.0. The summed E-state index contributed by atoms with van der Waals surface area (Å²) in [4.78, 5) is 4.36. The van der Waals surface area contributed by atoms with E-state index in [2.05, 4.69) is 15.6 Å². The van der Waals surface area contributed by atoms with Crippen molar-refractivity contribution < 1.29 is 14.2 Å². The molecule has 0 aliphatic carbocycles. The minimum Gasteiger partial charge on any atom is -0.389 e. The molecule has 0 amide bonds. The summed E-state index contributed by atoms with van der Waals surface area (Å²) in [5.74, 6) is 0.247. The third-order valence-corrected chi connectivity index (χ3v) is 4.02. The van der Waals surface area contributed by atoms with E-state index in [1.165, 1.54) is 6.07 Å². The van der Waals surface area contributed by atoms with Gasteiger partial charge in [-0.3, -0.25) is 0 Å². The van der Waals surface area contributed by atoms with Gasteiger partial charge in [0.05, 0.1) is 25.4 Å². The van der Waals surface area contributed by atoms with Crippen molar-refractivity contribution >= 4 is 29.9 Å². The first-order valence-corrected chi connectivity index (χ1v) is 9.20. The second kappa shape index (κ2) is 13.5. The van der Waals surface area contributed by atoms with Crippen LogP contribution in [-0.4, -0.2) is 36.9 Å². The van der Waals surface area contributed by atoms with Gasteiger partial charge >= 0.3 is 0 Å². The van der Waals surface area contributed by atoms with E-state index < -0.39 is 6.10 Å². The quantitative estimate of drug-likeness (QED) is 0.279. The molecule has 5 nitrogen and oxygen atoms in total. The Morgan fingerprint density at radius 2 is 1.79 bits per heavy atom. The summed E-state index contributed by atoms with van der Waals surface area (Å²) in [5.41, 5.74) is 1.59. The van der Waals surface area contributed by atoms with Gasteiger partial charge in [0.2, 0.25) is 0 Å². The summed E-state index contributed by atoms with van der Waals surface area (Å²) in [5, 5.41) is 16.3. The van der Waals surface area contributed by atoms with Crippen molar-refractivity contribution in [3.63, 3.8) is 0 Å². The lowest BCUT2D eigenvalue weighted by Gasteiger charge is -2.18. The molecule has 2 atom stereocenters. The van der Waals surface area contributed by atoms with Crippen molar-refractivity contribution in [2.24, 2.45) is 4.99 Å². The predicted octanol–water partition coefficient (Wildman–Crippen LogP) is 3.64. The van der Waals surface area contributed by atoms with E-state index in [-0.39, 0.29) is 55.6 Å². The fourth-order valence-electron chi connectivity index (χ4n) is 2.48. The average molecular weight is 501 g/mol. The maximum absolute atomic E-state index is 13.7. The van der Waals surface area contributed by atoms with Gasteiger partial charge in [-0.2, -0.15) is 0 Å². The summed E-state index contributed by atoms with van der Waals surface area (Å²) < 4.78 is 19.4. The maximum Gasteiger partial charge on any atom is 0.191 e. The molecule has 2 unspecified atom stereocenters. The third-order valence-electron chi connectivity index (χ3n) is 4.02. The Kier molecular flexibility index (Phi) is 11.7. The number of hydrogen-bond acceptors (Lipinski definition) is 3. The monoisotopic (exact) mass is 501 g/mol. The van der Waals surface area contributed by atoms with Gasteiger partial charge in [0, 0.05) is 18.7 Å². The second-order valence-corrected chi connectivity index (χ2v) is 6.21. The second-order valence-electron chi connectivity index (χ2n) is 6.21. The predicted molar refractivity (Wildman–Crippen MR) is 121 cm³/mol. The summed E-state index contributed by atoms with van der Waals surface area (Å²) in [6, 6.07) is 16.4. The molecule has 0 aromatic heterocycles. The van der Waals surface area contributed by atoms with Crippen molar-refractivity contribution in [1.29, 1.82) is 0 Å². The van der Waals surface area contributed by atoms with Crippen LogP contribution in [0.4, 0.5) is 4.39 Å². The molecular weight excluding hydrogens is 472 g/mol. The molecule has 7 heteroatoms. The molecule has 0 radical (unpaired) electrons. The number of hydrogen-bond donors (Lipinski definition) is 3. The van der Waals surface area contributed by atoms with E-state index in [1.807, 2.05) is 44.2 Å². The fourth-order valence-corrected chi connectivity index (χ4v) is 2.48. The van der Waals surface area contributed by atoms with E-state index >= 15 is 0 Å².